The molecule has 104 valence electrons. The Labute approximate surface area is 117 Å². The number of carbonyl (C=O) groups is 2. The van der Waals surface area contributed by atoms with Crippen LogP contribution in [-0.4, -0.2) is 23.1 Å². The van der Waals surface area contributed by atoms with E-state index in [-0.39, 0.29) is 28.2 Å². The fourth-order valence-corrected chi connectivity index (χ4v) is 1.94. The summed E-state index contributed by atoms with van der Waals surface area (Å²) < 4.78 is 5.33. The van der Waals surface area contributed by atoms with Crippen molar-refractivity contribution in [1.29, 1.82) is 0 Å². The van der Waals surface area contributed by atoms with Crippen LogP contribution in [0.3, 0.4) is 0 Å². The molecule has 0 radical (unpaired) electrons. The molecule has 1 unspecified atom stereocenters. The molecule has 0 bridgehead atoms. The van der Waals surface area contributed by atoms with Crippen LogP contribution in [0.25, 0.3) is 0 Å². The smallest absolute Gasteiger partial charge is 0.339 e. The molecule has 19 heavy (non-hydrogen) atoms. The molecule has 0 heterocycles. The number of rotatable bonds is 5. The molecule has 1 aromatic carbocycles. The highest BCUT2D eigenvalue weighted by molar-refractivity contribution is 6.31. The monoisotopic (exact) mass is 284 g/mol. The van der Waals surface area contributed by atoms with Gasteiger partial charge in [-0.1, -0.05) is 32.4 Å². The largest absolute Gasteiger partial charge is 0.478 e. The number of carboxylic acid groups (broad SMARTS) is 1. The summed E-state index contributed by atoms with van der Waals surface area (Å²) >= 11 is 5.73. The molecule has 0 saturated heterocycles. The van der Waals surface area contributed by atoms with Crippen LogP contribution in [0.4, 0.5) is 0 Å². The number of aromatic carboxylic acids is 1. The second-order valence-electron chi connectivity index (χ2n) is 4.59. The summed E-state index contributed by atoms with van der Waals surface area (Å²) in [6.07, 6.45) is 0.448. The third-order valence-electron chi connectivity index (χ3n) is 2.84. The highest BCUT2D eigenvalue weighted by Gasteiger charge is 2.22. The van der Waals surface area contributed by atoms with Gasteiger partial charge in [0.2, 0.25) is 0 Å². The lowest BCUT2D eigenvalue weighted by Crippen LogP contribution is -2.24. The van der Waals surface area contributed by atoms with E-state index in [2.05, 4.69) is 0 Å². The number of carboxylic acids is 1. The minimum atomic E-state index is -1.20. The Morgan fingerprint density at radius 2 is 1.95 bits per heavy atom. The van der Waals surface area contributed by atoms with Crippen molar-refractivity contribution in [2.24, 2.45) is 5.92 Å². The number of ether oxygens (including phenoxy) is 1. The second kappa shape index (κ2) is 6.57. The zero-order valence-electron chi connectivity index (χ0n) is 11.1. The van der Waals surface area contributed by atoms with Crippen molar-refractivity contribution in [1.82, 2.24) is 0 Å². The molecule has 0 aliphatic heterocycles. The normalized spacial score (nSPS) is 12.3. The first kappa shape index (κ1) is 15.5. The summed E-state index contributed by atoms with van der Waals surface area (Å²) in [5.41, 5.74) is -0.118. The molecule has 0 aliphatic rings. The SMILES string of the molecule is CCC(OC(=O)c1ccc(Cl)cc1C(=O)O)C(C)C. The van der Waals surface area contributed by atoms with Gasteiger partial charge in [-0.15, -0.1) is 0 Å². The number of benzene rings is 1. The van der Waals surface area contributed by atoms with E-state index in [9.17, 15) is 9.59 Å². The number of halogens is 1. The number of hydrogen-bond acceptors (Lipinski definition) is 3. The molecule has 0 amide bonds. The van der Waals surface area contributed by atoms with Gasteiger partial charge in [0.15, 0.2) is 0 Å². The number of esters is 1. The van der Waals surface area contributed by atoms with Crippen molar-refractivity contribution in [2.45, 2.75) is 33.3 Å². The lowest BCUT2D eigenvalue weighted by atomic mass is 10.0. The van der Waals surface area contributed by atoms with E-state index in [1.54, 1.807) is 0 Å². The lowest BCUT2D eigenvalue weighted by Gasteiger charge is -2.20. The van der Waals surface area contributed by atoms with E-state index < -0.39 is 11.9 Å². The Morgan fingerprint density at radius 1 is 1.32 bits per heavy atom. The molecule has 1 rings (SSSR count). The highest BCUT2D eigenvalue weighted by atomic mass is 35.5. The van der Waals surface area contributed by atoms with Crippen LogP contribution in [0.15, 0.2) is 18.2 Å². The molecule has 0 spiro atoms. The summed E-state index contributed by atoms with van der Waals surface area (Å²) in [7, 11) is 0. The maximum Gasteiger partial charge on any atom is 0.339 e. The molecule has 0 aromatic heterocycles. The second-order valence-corrected chi connectivity index (χ2v) is 5.03. The Hall–Kier alpha value is -1.55. The minimum Gasteiger partial charge on any atom is -0.478 e. The molecule has 5 heteroatoms. The first-order chi connectivity index (χ1) is 8.86. The van der Waals surface area contributed by atoms with E-state index in [1.807, 2.05) is 20.8 Å². The van der Waals surface area contributed by atoms with E-state index in [0.717, 1.165) is 0 Å². The Kier molecular flexibility index (Phi) is 5.36. The Bertz CT molecular complexity index is 482. The van der Waals surface area contributed by atoms with Crippen LogP contribution in [0, 0.1) is 5.92 Å². The van der Waals surface area contributed by atoms with E-state index in [0.29, 0.717) is 6.42 Å². The van der Waals surface area contributed by atoms with Gasteiger partial charge in [0.05, 0.1) is 11.1 Å². The topological polar surface area (TPSA) is 63.6 Å². The summed E-state index contributed by atoms with van der Waals surface area (Å²) in [4.78, 5) is 23.1. The van der Waals surface area contributed by atoms with Crippen LogP contribution in [0.1, 0.15) is 47.9 Å². The fourth-order valence-electron chi connectivity index (χ4n) is 1.76. The van der Waals surface area contributed by atoms with Crippen molar-refractivity contribution in [2.75, 3.05) is 0 Å². The average molecular weight is 285 g/mol. The Morgan fingerprint density at radius 3 is 2.42 bits per heavy atom. The van der Waals surface area contributed by atoms with Gasteiger partial charge < -0.3 is 9.84 Å². The van der Waals surface area contributed by atoms with Gasteiger partial charge >= 0.3 is 11.9 Å². The van der Waals surface area contributed by atoms with Gasteiger partial charge in [0.1, 0.15) is 6.10 Å². The first-order valence-electron chi connectivity index (χ1n) is 6.10. The molecular formula is C14H17ClO4. The quantitative estimate of drug-likeness (QED) is 0.839. The average Bonchev–Trinajstić information content (AvgIpc) is 2.34. The predicted octanol–water partition coefficient (Wildman–Crippen LogP) is 3.63. The predicted molar refractivity (Wildman–Crippen MR) is 72.7 cm³/mol. The standard InChI is InChI=1S/C14H17ClO4/c1-4-12(8(2)3)19-14(18)10-6-5-9(15)7-11(10)13(16)17/h5-8,12H,4H2,1-3H3,(H,16,17). The molecule has 1 atom stereocenters. The van der Waals surface area contributed by atoms with E-state index in [4.69, 9.17) is 21.4 Å². The van der Waals surface area contributed by atoms with Gasteiger partial charge in [-0.3, -0.25) is 0 Å². The van der Waals surface area contributed by atoms with Gasteiger partial charge in [-0.25, -0.2) is 9.59 Å². The van der Waals surface area contributed by atoms with Gasteiger partial charge in [-0.2, -0.15) is 0 Å². The zero-order valence-corrected chi connectivity index (χ0v) is 11.9. The molecule has 0 aliphatic carbocycles. The molecule has 1 N–H and O–H groups in total. The molecule has 1 aromatic rings. The van der Waals surface area contributed by atoms with E-state index in [1.165, 1.54) is 18.2 Å². The first-order valence-corrected chi connectivity index (χ1v) is 6.48. The van der Waals surface area contributed by atoms with Crippen LogP contribution in [-0.2, 0) is 4.74 Å². The van der Waals surface area contributed by atoms with Crippen LogP contribution in [0.5, 0.6) is 0 Å². The van der Waals surface area contributed by atoms with Crippen molar-refractivity contribution in [3.63, 3.8) is 0 Å². The maximum atomic E-state index is 12.0. The molecule has 0 saturated carbocycles. The fraction of sp³-hybridized carbons (Fsp3) is 0.429. The van der Waals surface area contributed by atoms with Crippen LogP contribution in [0.2, 0.25) is 5.02 Å². The van der Waals surface area contributed by atoms with Gasteiger partial charge in [0, 0.05) is 5.02 Å². The van der Waals surface area contributed by atoms with Crippen molar-refractivity contribution >= 4 is 23.5 Å². The van der Waals surface area contributed by atoms with Gasteiger partial charge in [0.25, 0.3) is 0 Å². The molecule has 4 nitrogen and oxygen atoms in total. The number of carbonyl (C=O) groups excluding carboxylic acids is 1. The van der Waals surface area contributed by atoms with Crippen LogP contribution >= 0.6 is 11.6 Å². The van der Waals surface area contributed by atoms with Crippen molar-refractivity contribution in [3.8, 4) is 0 Å². The molecular weight excluding hydrogens is 268 g/mol. The summed E-state index contributed by atoms with van der Waals surface area (Å²) in [5.74, 6) is -1.66. The lowest BCUT2D eigenvalue weighted by molar-refractivity contribution is 0.0169. The summed E-state index contributed by atoms with van der Waals surface area (Å²) in [6.45, 7) is 5.81. The highest BCUT2D eigenvalue weighted by Crippen LogP contribution is 2.19. The maximum absolute atomic E-state index is 12.0. The summed E-state index contributed by atoms with van der Waals surface area (Å²) in [5, 5.41) is 9.34. The Balaban J connectivity index is 3.03. The van der Waals surface area contributed by atoms with Gasteiger partial charge in [-0.05, 0) is 30.5 Å². The van der Waals surface area contributed by atoms with Crippen LogP contribution < -0.4 is 0 Å². The van der Waals surface area contributed by atoms with Crippen molar-refractivity contribution < 1.29 is 19.4 Å². The minimum absolute atomic E-state index is 0.0241. The summed E-state index contributed by atoms with van der Waals surface area (Å²) in [6, 6.07) is 4.10. The van der Waals surface area contributed by atoms with E-state index >= 15 is 0 Å². The molecule has 0 fully saturated rings. The zero-order chi connectivity index (χ0) is 14.6. The third kappa shape index (κ3) is 3.96. The van der Waals surface area contributed by atoms with Crippen molar-refractivity contribution in [3.05, 3.63) is 34.3 Å². The third-order valence-corrected chi connectivity index (χ3v) is 3.07. The number of hydrogen-bond donors (Lipinski definition) is 1.